The Morgan fingerprint density at radius 1 is 1.33 bits per heavy atom. The van der Waals surface area contributed by atoms with Crippen LogP contribution in [0.2, 0.25) is 0 Å². The molecule has 2 rings (SSSR count). The van der Waals surface area contributed by atoms with Gasteiger partial charge in [0.15, 0.2) is 0 Å². The van der Waals surface area contributed by atoms with E-state index < -0.39 is 0 Å². The fourth-order valence-corrected chi connectivity index (χ4v) is 2.44. The Hall–Kier alpha value is -2.10. The summed E-state index contributed by atoms with van der Waals surface area (Å²) in [7, 11) is 0. The lowest BCUT2D eigenvalue weighted by atomic mass is 10.1. The molecule has 1 aromatic heterocycles. The van der Waals surface area contributed by atoms with Crippen molar-refractivity contribution in [3.63, 3.8) is 0 Å². The van der Waals surface area contributed by atoms with Gasteiger partial charge in [-0.1, -0.05) is 32.0 Å². The number of nitrogens with zero attached hydrogens (tertiary/aromatic N) is 1. The lowest BCUT2D eigenvalue weighted by Gasteiger charge is -2.05. The summed E-state index contributed by atoms with van der Waals surface area (Å²) in [6, 6.07) is 8.13. The lowest BCUT2D eigenvalue weighted by Crippen LogP contribution is -2.19. The van der Waals surface area contributed by atoms with E-state index in [0.717, 1.165) is 17.6 Å². The number of para-hydroxylation sites is 1. The fraction of sp³-hybridized carbons (Fsp3) is 0.412. The summed E-state index contributed by atoms with van der Waals surface area (Å²) < 4.78 is 0. The Balaban J connectivity index is 1.87. The molecule has 0 spiro atoms. The maximum absolute atomic E-state index is 11.8. The van der Waals surface area contributed by atoms with E-state index in [2.05, 4.69) is 35.4 Å². The third-order valence-electron chi connectivity index (χ3n) is 3.37. The molecule has 1 heterocycles. The van der Waals surface area contributed by atoms with Crippen molar-refractivity contribution in [3.05, 3.63) is 36.0 Å². The van der Waals surface area contributed by atoms with Gasteiger partial charge in [-0.3, -0.25) is 4.79 Å². The molecule has 4 nitrogen and oxygen atoms in total. The van der Waals surface area contributed by atoms with E-state index in [0.29, 0.717) is 18.8 Å². The predicted molar refractivity (Wildman–Crippen MR) is 87.3 cm³/mol. The summed E-state index contributed by atoms with van der Waals surface area (Å²) in [5, 5.41) is 5.32. The van der Waals surface area contributed by atoms with Crippen molar-refractivity contribution in [1.29, 1.82) is 0 Å². The van der Waals surface area contributed by atoms with E-state index in [9.17, 15) is 4.79 Å². The predicted octanol–water partition coefficient (Wildman–Crippen LogP) is 3.64. The van der Waals surface area contributed by atoms with Gasteiger partial charge in [0.05, 0.1) is 0 Å². The molecule has 0 unspecified atom stereocenters. The van der Waals surface area contributed by atoms with Crippen LogP contribution in [0.4, 0.5) is 0 Å². The molecule has 21 heavy (non-hydrogen) atoms. The largest absolute Gasteiger partial charge is 0.361 e. The average molecular weight is 285 g/mol. The second kappa shape index (κ2) is 7.07. The summed E-state index contributed by atoms with van der Waals surface area (Å²) >= 11 is 0. The standard InChI is InChI=1S/C17H23N3O/c1-12(2)10-13(3)19-20-17(21)9-8-14-11-18-16-7-5-4-6-15(14)16/h4-7,11-12,18H,8-10H2,1-3H3,(H,20,21)/b19-13+. The number of hydrazone groups is 1. The molecule has 0 radical (unpaired) electrons. The van der Waals surface area contributed by atoms with E-state index >= 15 is 0 Å². The molecule has 0 atom stereocenters. The zero-order chi connectivity index (χ0) is 15.2. The third-order valence-corrected chi connectivity index (χ3v) is 3.37. The zero-order valence-electron chi connectivity index (χ0n) is 12.9. The van der Waals surface area contributed by atoms with Crippen LogP contribution in [-0.4, -0.2) is 16.6 Å². The van der Waals surface area contributed by atoms with Gasteiger partial charge < -0.3 is 4.98 Å². The number of hydrogen-bond donors (Lipinski definition) is 2. The smallest absolute Gasteiger partial charge is 0.240 e. The Kier molecular flexibility index (Phi) is 5.14. The van der Waals surface area contributed by atoms with Gasteiger partial charge in [-0.05, 0) is 37.3 Å². The molecule has 112 valence electrons. The maximum atomic E-state index is 11.8. The van der Waals surface area contributed by atoms with Gasteiger partial charge in [-0.2, -0.15) is 5.10 Å². The molecular formula is C17H23N3O. The van der Waals surface area contributed by atoms with Gasteiger partial charge in [-0.25, -0.2) is 5.43 Å². The van der Waals surface area contributed by atoms with Crippen molar-refractivity contribution in [2.75, 3.05) is 0 Å². The molecule has 2 aromatic rings. The van der Waals surface area contributed by atoms with Gasteiger partial charge in [0, 0.05) is 29.2 Å². The van der Waals surface area contributed by atoms with Crippen LogP contribution in [0.1, 0.15) is 39.2 Å². The number of carbonyl (C=O) groups is 1. The maximum Gasteiger partial charge on any atom is 0.240 e. The summed E-state index contributed by atoms with van der Waals surface area (Å²) in [6.45, 7) is 6.22. The highest BCUT2D eigenvalue weighted by atomic mass is 16.2. The number of aryl methyl sites for hydroxylation is 1. The van der Waals surface area contributed by atoms with Crippen LogP contribution >= 0.6 is 0 Å². The Labute approximate surface area is 125 Å². The lowest BCUT2D eigenvalue weighted by molar-refractivity contribution is -0.121. The molecule has 0 aliphatic carbocycles. The number of nitrogens with one attached hydrogen (secondary N) is 2. The molecule has 0 saturated heterocycles. The van der Waals surface area contributed by atoms with Crippen molar-refractivity contribution in [2.45, 2.75) is 40.0 Å². The molecule has 1 amide bonds. The van der Waals surface area contributed by atoms with Crippen LogP contribution in [-0.2, 0) is 11.2 Å². The minimum Gasteiger partial charge on any atom is -0.361 e. The van der Waals surface area contributed by atoms with E-state index in [-0.39, 0.29) is 5.91 Å². The van der Waals surface area contributed by atoms with Crippen molar-refractivity contribution < 1.29 is 4.79 Å². The van der Waals surface area contributed by atoms with Gasteiger partial charge >= 0.3 is 0 Å². The SMILES string of the molecule is C/C(CC(C)C)=N\NC(=O)CCc1c[nH]c2ccccc12. The first-order valence-corrected chi connectivity index (χ1v) is 7.43. The number of aromatic nitrogens is 1. The highest BCUT2D eigenvalue weighted by Crippen LogP contribution is 2.18. The van der Waals surface area contributed by atoms with Crippen molar-refractivity contribution in [3.8, 4) is 0 Å². The molecule has 1 aromatic carbocycles. The first-order valence-electron chi connectivity index (χ1n) is 7.43. The molecule has 0 bridgehead atoms. The summed E-state index contributed by atoms with van der Waals surface area (Å²) in [5.74, 6) is 0.514. The number of benzene rings is 1. The number of fused-ring (bicyclic) bond motifs is 1. The average Bonchev–Trinajstić information content (AvgIpc) is 2.85. The number of amides is 1. The van der Waals surface area contributed by atoms with Crippen LogP contribution in [0.15, 0.2) is 35.6 Å². The van der Waals surface area contributed by atoms with Crippen LogP contribution in [0.5, 0.6) is 0 Å². The number of rotatable bonds is 6. The summed E-state index contributed by atoms with van der Waals surface area (Å²) in [5.41, 5.74) is 5.88. The fourth-order valence-electron chi connectivity index (χ4n) is 2.44. The van der Waals surface area contributed by atoms with Crippen LogP contribution in [0.3, 0.4) is 0 Å². The molecule has 0 aliphatic heterocycles. The van der Waals surface area contributed by atoms with Crippen molar-refractivity contribution in [1.82, 2.24) is 10.4 Å². The van der Waals surface area contributed by atoms with E-state index in [1.165, 1.54) is 10.9 Å². The highest BCUT2D eigenvalue weighted by molar-refractivity contribution is 5.86. The second-order valence-corrected chi connectivity index (χ2v) is 5.84. The zero-order valence-corrected chi connectivity index (χ0v) is 12.9. The Morgan fingerprint density at radius 3 is 2.86 bits per heavy atom. The van der Waals surface area contributed by atoms with E-state index in [1.54, 1.807) is 0 Å². The van der Waals surface area contributed by atoms with Crippen LogP contribution in [0, 0.1) is 5.92 Å². The van der Waals surface area contributed by atoms with Crippen LogP contribution in [0.25, 0.3) is 10.9 Å². The number of hydrogen-bond acceptors (Lipinski definition) is 2. The number of carbonyl (C=O) groups excluding carboxylic acids is 1. The normalized spacial score (nSPS) is 12.1. The molecule has 2 N–H and O–H groups in total. The topological polar surface area (TPSA) is 57.2 Å². The van der Waals surface area contributed by atoms with Crippen LogP contribution < -0.4 is 5.43 Å². The quantitative estimate of drug-likeness (QED) is 0.618. The monoisotopic (exact) mass is 285 g/mol. The second-order valence-electron chi connectivity index (χ2n) is 5.84. The number of aromatic amines is 1. The minimum atomic E-state index is -0.0385. The number of H-pyrrole nitrogens is 1. The first-order chi connectivity index (χ1) is 10.1. The minimum absolute atomic E-state index is 0.0385. The molecule has 0 saturated carbocycles. The van der Waals surface area contributed by atoms with E-state index in [1.807, 2.05) is 31.3 Å². The Bertz CT molecular complexity index is 640. The van der Waals surface area contributed by atoms with E-state index in [4.69, 9.17) is 0 Å². The van der Waals surface area contributed by atoms with Gasteiger partial charge in [0.2, 0.25) is 5.91 Å². The third kappa shape index (κ3) is 4.45. The molecule has 0 fully saturated rings. The molecule has 0 aliphatic rings. The van der Waals surface area contributed by atoms with Gasteiger partial charge in [0.25, 0.3) is 0 Å². The summed E-state index contributed by atoms with van der Waals surface area (Å²) in [4.78, 5) is 15.1. The van der Waals surface area contributed by atoms with Crippen molar-refractivity contribution in [2.24, 2.45) is 11.0 Å². The van der Waals surface area contributed by atoms with Crippen molar-refractivity contribution >= 4 is 22.5 Å². The highest BCUT2D eigenvalue weighted by Gasteiger charge is 2.06. The van der Waals surface area contributed by atoms with Gasteiger partial charge in [-0.15, -0.1) is 0 Å². The molecular weight excluding hydrogens is 262 g/mol. The van der Waals surface area contributed by atoms with Gasteiger partial charge in [0.1, 0.15) is 0 Å². The first kappa shape index (κ1) is 15.3. The molecule has 4 heteroatoms. The summed E-state index contributed by atoms with van der Waals surface area (Å²) in [6.07, 6.45) is 4.04. The Morgan fingerprint density at radius 2 is 2.10 bits per heavy atom.